The Balaban J connectivity index is 1.83. The molecule has 0 saturated carbocycles. The van der Waals surface area contributed by atoms with E-state index < -0.39 is 5.60 Å². The normalized spacial score (nSPS) is 13.2. The second-order valence-corrected chi connectivity index (χ2v) is 6.14. The zero-order valence-electron chi connectivity index (χ0n) is 14.4. The third kappa shape index (κ3) is 4.08. The first-order valence-electron chi connectivity index (χ1n) is 8.50. The largest absolute Gasteiger partial charge is 0.497 e. The van der Waals surface area contributed by atoms with Gasteiger partial charge in [0.15, 0.2) is 5.60 Å². The lowest BCUT2D eigenvalue weighted by molar-refractivity contribution is -0.682. The van der Waals surface area contributed by atoms with Crippen LogP contribution in [0.4, 0.5) is 0 Å². The molecule has 1 atom stereocenters. The van der Waals surface area contributed by atoms with Crippen LogP contribution in [-0.2, 0) is 12.1 Å². The van der Waals surface area contributed by atoms with Gasteiger partial charge in [0, 0.05) is 5.56 Å². The molecule has 128 valence electrons. The highest BCUT2D eigenvalue weighted by molar-refractivity contribution is 5.38. The monoisotopic (exact) mass is 334 g/mol. The Hall–Kier alpha value is -2.62. The van der Waals surface area contributed by atoms with E-state index in [1.54, 1.807) is 7.11 Å². The summed E-state index contributed by atoms with van der Waals surface area (Å²) >= 11 is 0. The molecule has 0 fully saturated rings. The molecule has 0 saturated heterocycles. The molecule has 0 aliphatic carbocycles. The molecule has 25 heavy (non-hydrogen) atoms. The van der Waals surface area contributed by atoms with E-state index in [0.717, 1.165) is 23.4 Å². The average Bonchev–Trinajstić information content (AvgIpc) is 2.69. The second-order valence-electron chi connectivity index (χ2n) is 6.14. The van der Waals surface area contributed by atoms with Crippen LogP contribution in [0.1, 0.15) is 16.7 Å². The van der Waals surface area contributed by atoms with E-state index in [1.165, 1.54) is 5.56 Å². The summed E-state index contributed by atoms with van der Waals surface area (Å²) in [6.45, 7) is 1.37. The molecule has 0 amide bonds. The Bertz CT molecular complexity index is 772. The van der Waals surface area contributed by atoms with Gasteiger partial charge in [-0.25, -0.2) is 0 Å². The van der Waals surface area contributed by atoms with Crippen molar-refractivity contribution in [2.45, 2.75) is 12.1 Å². The Morgan fingerprint density at radius 2 is 1.36 bits per heavy atom. The highest BCUT2D eigenvalue weighted by atomic mass is 16.5. The van der Waals surface area contributed by atoms with Crippen LogP contribution < -0.4 is 10.1 Å². The SMILES string of the molecule is COc1ccc([C@](O)(C[NH2+]Cc2ccccc2)c2ccccc2)cc1. The Morgan fingerprint density at radius 3 is 1.96 bits per heavy atom. The van der Waals surface area contributed by atoms with Crippen molar-refractivity contribution in [2.75, 3.05) is 13.7 Å². The molecule has 3 nitrogen and oxygen atoms in total. The van der Waals surface area contributed by atoms with Crippen molar-refractivity contribution in [3.8, 4) is 5.75 Å². The van der Waals surface area contributed by atoms with Gasteiger partial charge >= 0.3 is 0 Å². The van der Waals surface area contributed by atoms with E-state index in [2.05, 4.69) is 17.4 Å². The first kappa shape index (κ1) is 17.2. The summed E-state index contributed by atoms with van der Waals surface area (Å²) in [5.74, 6) is 0.785. The van der Waals surface area contributed by atoms with Gasteiger partial charge < -0.3 is 15.2 Å². The second kappa shape index (κ2) is 7.97. The summed E-state index contributed by atoms with van der Waals surface area (Å²) in [4.78, 5) is 0. The quantitative estimate of drug-likeness (QED) is 0.698. The van der Waals surface area contributed by atoms with Gasteiger partial charge in [0.1, 0.15) is 18.8 Å². The molecule has 0 radical (unpaired) electrons. The first-order chi connectivity index (χ1) is 12.2. The number of quaternary nitrogens is 1. The van der Waals surface area contributed by atoms with E-state index in [-0.39, 0.29) is 0 Å². The zero-order valence-corrected chi connectivity index (χ0v) is 14.4. The number of hydrogen-bond donors (Lipinski definition) is 2. The number of nitrogens with two attached hydrogens (primary N) is 1. The molecule has 3 aromatic carbocycles. The van der Waals surface area contributed by atoms with E-state index in [4.69, 9.17) is 4.74 Å². The molecule has 3 N–H and O–H groups in total. The lowest BCUT2D eigenvalue weighted by Crippen LogP contribution is -2.86. The van der Waals surface area contributed by atoms with Crippen molar-refractivity contribution >= 4 is 0 Å². The van der Waals surface area contributed by atoms with Gasteiger partial charge in [-0.05, 0) is 23.3 Å². The summed E-state index contributed by atoms with van der Waals surface area (Å²) in [7, 11) is 1.64. The van der Waals surface area contributed by atoms with Gasteiger partial charge in [-0.1, -0.05) is 72.8 Å². The molecule has 0 spiro atoms. The van der Waals surface area contributed by atoms with Crippen molar-refractivity contribution in [3.05, 3.63) is 102 Å². The molecule has 3 aromatic rings. The molecule has 0 bridgehead atoms. The molecule has 0 aliphatic heterocycles. The van der Waals surface area contributed by atoms with Crippen molar-refractivity contribution in [2.24, 2.45) is 0 Å². The summed E-state index contributed by atoms with van der Waals surface area (Å²) in [6.07, 6.45) is 0. The number of benzene rings is 3. The molecular weight excluding hydrogens is 310 g/mol. The van der Waals surface area contributed by atoms with Gasteiger partial charge in [0.05, 0.1) is 7.11 Å². The molecule has 0 aliphatic rings. The minimum Gasteiger partial charge on any atom is -0.497 e. The smallest absolute Gasteiger partial charge is 0.163 e. The van der Waals surface area contributed by atoms with Gasteiger partial charge in [-0.2, -0.15) is 0 Å². The van der Waals surface area contributed by atoms with Gasteiger partial charge in [-0.3, -0.25) is 0 Å². The summed E-state index contributed by atoms with van der Waals surface area (Å²) in [5, 5.41) is 13.7. The molecule has 0 unspecified atom stereocenters. The third-order valence-electron chi connectivity index (χ3n) is 4.48. The Labute approximate surface area is 148 Å². The lowest BCUT2D eigenvalue weighted by atomic mass is 9.86. The van der Waals surface area contributed by atoms with E-state index in [9.17, 15) is 5.11 Å². The number of rotatable bonds is 7. The van der Waals surface area contributed by atoms with Gasteiger partial charge in [-0.15, -0.1) is 0 Å². The fraction of sp³-hybridized carbons (Fsp3) is 0.182. The summed E-state index contributed by atoms with van der Waals surface area (Å²) in [5.41, 5.74) is 1.95. The highest BCUT2D eigenvalue weighted by Crippen LogP contribution is 2.29. The predicted octanol–water partition coefficient (Wildman–Crippen LogP) is 2.69. The molecule has 0 aromatic heterocycles. The van der Waals surface area contributed by atoms with Crippen LogP contribution in [0.25, 0.3) is 0 Å². The minimum absolute atomic E-state index is 0.540. The van der Waals surface area contributed by atoms with Crippen LogP contribution in [0.15, 0.2) is 84.9 Å². The summed E-state index contributed by atoms with van der Waals surface area (Å²) in [6, 6.07) is 27.8. The number of ether oxygens (including phenoxy) is 1. The molecule has 3 heteroatoms. The van der Waals surface area contributed by atoms with Crippen LogP contribution in [0.2, 0.25) is 0 Å². The Kier molecular flexibility index (Phi) is 5.49. The van der Waals surface area contributed by atoms with Crippen molar-refractivity contribution < 1.29 is 15.2 Å². The highest BCUT2D eigenvalue weighted by Gasteiger charge is 2.33. The van der Waals surface area contributed by atoms with Gasteiger partial charge in [0.25, 0.3) is 0 Å². The predicted molar refractivity (Wildman–Crippen MR) is 99.4 cm³/mol. The number of aliphatic hydroxyl groups is 1. The average molecular weight is 334 g/mol. The van der Waals surface area contributed by atoms with Crippen LogP contribution in [0.3, 0.4) is 0 Å². The van der Waals surface area contributed by atoms with Crippen molar-refractivity contribution in [1.82, 2.24) is 0 Å². The van der Waals surface area contributed by atoms with Crippen molar-refractivity contribution in [1.29, 1.82) is 0 Å². The molecule has 0 heterocycles. The fourth-order valence-corrected chi connectivity index (χ4v) is 3.04. The zero-order chi connectivity index (χ0) is 17.5. The molecular formula is C22H24NO2+. The molecule has 3 rings (SSSR count). The van der Waals surface area contributed by atoms with Gasteiger partial charge in [0.2, 0.25) is 0 Å². The standard InChI is InChI=1S/C22H23NO2/c1-25-21-14-12-20(13-15-21)22(24,19-10-6-3-7-11-19)17-23-16-18-8-4-2-5-9-18/h2-15,23-24H,16-17H2,1H3/p+1/t22-/m0/s1. The maximum Gasteiger partial charge on any atom is 0.163 e. The maximum absolute atomic E-state index is 11.5. The van der Waals surface area contributed by atoms with Crippen LogP contribution in [-0.4, -0.2) is 18.8 Å². The van der Waals surface area contributed by atoms with Crippen LogP contribution in [0, 0.1) is 0 Å². The summed E-state index contributed by atoms with van der Waals surface area (Å²) < 4.78 is 5.24. The van der Waals surface area contributed by atoms with E-state index >= 15 is 0 Å². The van der Waals surface area contributed by atoms with Crippen LogP contribution in [0.5, 0.6) is 5.75 Å². The number of methoxy groups -OCH3 is 1. The van der Waals surface area contributed by atoms with Crippen LogP contribution >= 0.6 is 0 Å². The fourth-order valence-electron chi connectivity index (χ4n) is 3.04. The maximum atomic E-state index is 11.5. The third-order valence-corrected chi connectivity index (χ3v) is 4.48. The van der Waals surface area contributed by atoms with Crippen molar-refractivity contribution in [3.63, 3.8) is 0 Å². The van der Waals surface area contributed by atoms with E-state index in [1.807, 2.05) is 72.8 Å². The number of hydrogen-bond acceptors (Lipinski definition) is 2. The lowest BCUT2D eigenvalue weighted by Gasteiger charge is -2.28. The van der Waals surface area contributed by atoms with E-state index in [0.29, 0.717) is 6.54 Å². The Morgan fingerprint density at radius 1 is 0.800 bits per heavy atom. The topological polar surface area (TPSA) is 46.1 Å². The first-order valence-corrected chi connectivity index (χ1v) is 8.50. The minimum atomic E-state index is -1.05.